The number of hydrogen-bond acceptors (Lipinski definition) is 6. The minimum absolute atomic E-state index is 0.0287. The maximum absolute atomic E-state index is 13.0. The first kappa shape index (κ1) is 22.1. The fourth-order valence-electron chi connectivity index (χ4n) is 4.42. The predicted octanol–water partition coefficient (Wildman–Crippen LogP) is 2.33. The average molecular weight is 439 g/mol. The molecule has 170 valence electrons. The van der Waals surface area contributed by atoms with Gasteiger partial charge in [-0.1, -0.05) is 0 Å². The van der Waals surface area contributed by atoms with Crippen LogP contribution in [-0.4, -0.2) is 67.0 Å². The largest absolute Gasteiger partial charge is 0.493 e. The summed E-state index contributed by atoms with van der Waals surface area (Å²) >= 11 is 0. The second-order valence-electron chi connectivity index (χ2n) is 8.32. The number of amides is 2. The maximum atomic E-state index is 13.0. The molecule has 1 aromatic carbocycles. The van der Waals surface area contributed by atoms with Gasteiger partial charge in [-0.2, -0.15) is 0 Å². The number of aromatic nitrogens is 1. The van der Waals surface area contributed by atoms with Crippen LogP contribution in [0.25, 0.3) is 0 Å². The molecule has 0 unspecified atom stereocenters. The Morgan fingerprint density at radius 2 is 1.81 bits per heavy atom. The number of carbonyl (C=O) groups excluding carboxylic acids is 2. The number of likely N-dealkylation sites (tertiary alicyclic amines) is 1. The van der Waals surface area contributed by atoms with Crippen molar-refractivity contribution >= 4 is 17.5 Å². The summed E-state index contributed by atoms with van der Waals surface area (Å²) in [5.74, 6) is 1.53. The number of pyridine rings is 1. The highest BCUT2D eigenvalue weighted by molar-refractivity contribution is 5.92. The van der Waals surface area contributed by atoms with Crippen molar-refractivity contribution in [1.82, 2.24) is 14.8 Å². The van der Waals surface area contributed by atoms with E-state index in [1.165, 1.54) is 5.56 Å². The number of nitrogens with zero attached hydrogens (tertiary/aromatic N) is 3. The highest BCUT2D eigenvalue weighted by Crippen LogP contribution is 2.33. The topological polar surface area (TPSA) is 84.0 Å². The quantitative estimate of drug-likeness (QED) is 0.745. The van der Waals surface area contributed by atoms with Gasteiger partial charge in [0.25, 0.3) is 0 Å². The molecule has 1 aromatic heterocycles. The molecule has 2 aliphatic rings. The average Bonchev–Trinajstić information content (AvgIpc) is 2.83. The van der Waals surface area contributed by atoms with Gasteiger partial charge in [0.2, 0.25) is 11.8 Å². The second kappa shape index (κ2) is 9.99. The Labute approximate surface area is 188 Å². The molecule has 0 radical (unpaired) electrons. The molecule has 2 aliphatic heterocycles. The summed E-state index contributed by atoms with van der Waals surface area (Å²) in [5.41, 5.74) is 3.02. The van der Waals surface area contributed by atoms with Crippen molar-refractivity contribution in [2.24, 2.45) is 5.92 Å². The Bertz CT molecular complexity index is 958. The van der Waals surface area contributed by atoms with Gasteiger partial charge in [0.15, 0.2) is 11.5 Å². The van der Waals surface area contributed by atoms with Gasteiger partial charge >= 0.3 is 0 Å². The van der Waals surface area contributed by atoms with E-state index >= 15 is 0 Å². The van der Waals surface area contributed by atoms with Gasteiger partial charge in [-0.05, 0) is 67.7 Å². The van der Waals surface area contributed by atoms with E-state index in [4.69, 9.17) is 9.47 Å². The number of methoxy groups -OCH3 is 2. The number of nitrogens with one attached hydrogen (secondary N) is 1. The zero-order valence-corrected chi connectivity index (χ0v) is 18.7. The molecule has 0 atom stereocenters. The Morgan fingerprint density at radius 1 is 1.09 bits per heavy atom. The highest BCUT2D eigenvalue weighted by atomic mass is 16.5. The van der Waals surface area contributed by atoms with Crippen molar-refractivity contribution in [1.29, 1.82) is 0 Å². The van der Waals surface area contributed by atoms with E-state index in [0.29, 0.717) is 25.4 Å². The van der Waals surface area contributed by atoms with Crippen molar-refractivity contribution in [2.45, 2.75) is 25.8 Å². The van der Waals surface area contributed by atoms with Crippen LogP contribution in [0.1, 0.15) is 24.0 Å². The first-order valence-corrected chi connectivity index (χ1v) is 11.0. The Balaban J connectivity index is 1.28. The molecule has 0 spiro atoms. The van der Waals surface area contributed by atoms with Crippen molar-refractivity contribution < 1.29 is 19.1 Å². The highest BCUT2D eigenvalue weighted by Gasteiger charge is 2.28. The van der Waals surface area contributed by atoms with Crippen LogP contribution in [0.3, 0.4) is 0 Å². The molecule has 1 fully saturated rings. The first-order valence-electron chi connectivity index (χ1n) is 11.0. The standard InChI is InChI=1S/C24H30N4O4/c1-31-21-12-18-7-11-28(15-19(18)13-22(21)32-2)23(29)16-27-9-5-17(6-10-27)24(30)26-20-4-3-8-25-14-20/h3-4,8,12-14,17H,5-7,9-11,15-16H2,1-2H3,(H,26,30). The monoisotopic (exact) mass is 438 g/mol. The van der Waals surface area contributed by atoms with Crippen molar-refractivity contribution in [2.75, 3.05) is 45.7 Å². The lowest BCUT2D eigenvalue weighted by atomic mass is 9.95. The number of ether oxygens (including phenoxy) is 2. The molecule has 32 heavy (non-hydrogen) atoms. The van der Waals surface area contributed by atoms with Crippen LogP contribution in [0.2, 0.25) is 0 Å². The molecule has 0 aliphatic carbocycles. The van der Waals surface area contributed by atoms with Gasteiger partial charge in [0.05, 0.1) is 32.6 Å². The van der Waals surface area contributed by atoms with Gasteiger partial charge in [0, 0.05) is 25.2 Å². The van der Waals surface area contributed by atoms with Crippen molar-refractivity contribution in [3.63, 3.8) is 0 Å². The van der Waals surface area contributed by atoms with Crippen LogP contribution in [0, 0.1) is 5.92 Å². The van der Waals surface area contributed by atoms with Crippen molar-refractivity contribution in [3.8, 4) is 11.5 Å². The fraction of sp³-hybridized carbons (Fsp3) is 0.458. The molecule has 2 amide bonds. The van der Waals surface area contributed by atoms with Crippen LogP contribution in [0.15, 0.2) is 36.7 Å². The molecule has 1 N–H and O–H groups in total. The summed E-state index contributed by atoms with van der Waals surface area (Å²) in [7, 11) is 3.26. The molecular weight excluding hydrogens is 408 g/mol. The number of fused-ring (bicyclic) bond motifs is 1. The zero-order chi connectivity index (χ0) is 22.5. The van der Waals surface area contributed by atoms with Crippen LogP contribution in [-0.2, 0) is 22.6 Å². The summed E-state index contributed by atoms with van der Waals surface area (Å²) in [6.07, 6.45) is 5.63. The third kappa shape index (κ3) is 5.02. The van der Waals surface area contributed by atoms with E-state index in [0.717, 1.165) is 49.4 Å². The van der Waals surface area contributed by atoms with Crippen LogP contribution >= 0.6 is 0 Å². The molecule has 8 nitrogen and oxygen atoms in total. The lowest BCUT2D eigenvalue weighted by Crippen LogP contribution is -2.46. The summed E-state index contributed by atoms with van der Waals surface area (Å²) in [4.78, 5) is 33.6. The van der Waals surface area contributed by atoms with Gasteiger partial charge < -0.3 is 19.7 Å². The third-order valence-electron chi connectivity index (χ3n) is 6.32. The van der Waals surface area contributed by atoms with E-state index in [2.05, 4.69) is 15.2 Å². The van der Waals surface area contributed by atoms with E-state index < -0.39 is 0 Å². The Kier molecular flexibility index (Phi) is 6.90. The molecule has 8 heteroatoms. The summed E-state index contributed by atoms with van der Waals surface area (Å²) < 4.78 is 10.8. The second-order valence-corrected chi connectivity index (χ2v) is 8.32. The number of hydrogen-bond donors (Lipinski definition) is 1. The van der Waals surface area contributed by atoms with Crippen LogP contribution in [0.5, 0.6) is 11.5 Å². The van der Waals surface area contributed by atoms with E-state index in [9.17, 15) is 9.59 Å². The molecule has 2 aromatic rings. The van der Waals surface area contributed by atoms with Crippen LogP contribution < -0.4 is 14.8 Å². The van der Waals surface area contributed by atoms with Gasteiger partial charge in [0.1, 0.15) is 0 Å². The number of benzene rings is 1. The number of carbonyl (C=O) groups is 2. The predicted molar refractivity (Wildman–Crippen MR) is 121 cm³/mol. The van der Waals surface area contributed by atoms with E-state index in [-0.39, 0.29) is 17.7 Å². The third-order valence-corrected chi connectivity index (χ3v) is 6.32. The molecule has 0 bridgehead atoms. The van der Waals surface area contributed by atoms with E-state index in [1.807, 2.05) is 23.1 Å². The first-order chi connectivity index (χ1) is 15.6. The maximum Gasteiger partial charge on any atom is 0.237 e. The normalized spacial score (nSPS) is 16.9. The lowest BCUT2D eigenvalue weighted by Gasteiger charge is -2.34. The molecular formula is C24H30N4O4. The smallest absolute Gasteiger partial charge is 0.237 e. The van der Waals surface area contributed by atoms with Gasteiger partial charge in [-0.15, -0.1) is 0 Å². The number of piperidine rings is 1. The zero-order valence-electron chi connectivity index (χ0n) is 18.7. The lowest BCUT2D eigenvalue weighted by molar-refractivity contribution is -0.133. The molecule has 4 rings (SSSR count). The molecule has 3 heterocycles. The SMILES string of the molecule is COc1cc2c(cc1OC)CN(C(=O)CN1CCC(C(=O)Nc3cccnc3)CC1)CC2. The Hall–Kier alpha value is -3.13. The minimum atomic E-state index is -0.0362. The number of rotatable bonds is 6. The van der Waals surface area contributed by atoms with Crippen molar-refractivity contribution in [3.05, 3.63) is 47.8 Å². The minimum Gasteiger partial charge on any atom is -0.493 e. The number of anilines is 1. The summed E-state index contributed by atoms with van der Waals surface area (Å²) in [6.45, 7) is 3.15. The molecule has 1 saturated heterocycles. The van der Waals surface area contributed by atoms with Crippen LogP contribution in [0.4, 0.5) is 5.69 Å². The van der Waals surface area contributed by atoms with E-state index in [1.54, 1.807) is 32.7 Å². The summed E-state index contributed by atoms with van der Waals surface area (Å²) in [6, 6.07) is 7.62. The fourth-order valence-corrected chi connectivity index (χ4v) is 4.42. The molecule has 0 saturated carbocycles. The summed E-state index contributed by atoms with van der Waals surface area (Å²) in [5, 5.41) is 2.93. The van der Waals surface area contributed by atoms with Gasteiger partial charge in [-0.25, -0.2) is 0 Å². The van der Waals surface area contributed by atoms with Gasteiger partial charge in [-0.3, -0.25) is 19.5 Å². The Morgan fingerprint density at radius 3 is 2.47 bits per heavy atom.